The Balaban J connectivity index is 2.09. The van der Waals surface area contributed by atoms with Crippen molar-refractivity contribution < 1.29 is 19.7 Å². The van der Waals surface area contributed by atoms with Crippen molar-refractivity contribution in [3.8, 4) is 11.4 Å². The van der Waals surface area contributed by atoms with Gasteiger partial charge in [0.15, 0.2) is 5.43 Å². The van der Waals surface area contributed by atoms with Gasteiger partial charge in [-0.2, -0.15) is 5.10 Å². The van der Waals surface area contributed by atoms with Crippen molar-refractivity contribution >= 4 is 12.2 Å². The Hall–Kier alpha value is -3.13. The van der Waals surface area contributed by atoms with Gasteiger partial charge in [-0.3, -0.25) is 9.80 Å². The number of aryl methyl sites for hydroxylation is 1. The van der Waals surface area contributed by atoms with Gasteiger partial charge in [0.05, 0.1) is 38.2 Å². The lowest BCUT2D eigenvalue weighted by Gasteiger charge is -2.23. The van der Waals surface area contributed by atoms with Gasteiger partial charge in [-0.05, 0) is 30.7 Å². The van der Waals surface area contributed by atoms with Gasteiger partial charge in [0.1, 0.15) is 11.3 Å². The molecule has 2 heterocycles. The molecule has 1 saturated heterocycles. The Labute approximate surface area is 149 Å². The predicted molar refractivity (Wildman–Crippen MR) is 95.4 cm³/mol. The number of aromatic hydroxyl groups is 1. The summed E-state index contributed by atoms with van der Waals surface area (Å²) in [6.07, 6.45) is 2.81. The summed E-state index contributed by atoms with van der Waals surface area (Å²) in [5.74, 6) is -1.19. The first kappa shape index (κ1) is 17.7. The van der Waals surface area contributed by atoms with Crippen molar-refractivity contribution in [1.82, 2.24) is 9.58 Å². The number of pyridine rings is 1. The largest absolute Gasteiger partial charge is 0.508 e. The van der Waals surface area contributed by atoms with Crippen LogP contribution in [-0.4, -0.2) is 58.3 Å². The zero-order chi connectivity index (χ0) is 18.7. The van der Waals surface area contributed by atoms with Crippen LogP contribution in [0.15, 0.2) is 40.4 Å². The number of ether oxygens (including phenoxy) is 1. The second-order valence-corrected chi connectivity index (χ2v) is 5.93. The number of aromatic carboxylic acids is 1. The molecule has 0 atom stereocenters. The topological polar surface area (TPSA) is 104 Å². The summed E-state index contributed by atoms with van der Waals surface area (Å²) in [4.78, 5) is 23.5. The van der Waals surface area contributed by atoms with Gasteiger partial charge in [-0.15, -0.1) is 0 Å². The summed E-state index contributed by atoms with van der Waals surface area (Å²) < 4.78 is 6.86. The van der Waals surface area contributed by atoms with Gasteiger partial charge in [0, 0.05) is 18.0 Å². The van der Waals surface area contributed by atoms with Crippen LogP contribution in [0.25, 0.3) is 5.69 Å². The molecule has 1 aliphatic heterocycles. The Kier molecular flexibility index (Phi) is 5.04. The van der Waals surface area contributed by atoms with Gasteiger partial charge in [0.25, 0.3) is 0 Å². The standard InChI is InChI=1S/C18H19N3O5/c1-12-8-14(22)2-3-16(12)21-11-15(18(24)25)17(23)9-13(21)10-19-20-4-6-26-7-5-20/h2-3,8-11,22H,4-7H2,1H3,(H,24,25)/b19-10+. The number of rotatable bonds is 4. The summed E-state index contributed by atoms with van der Waals surface area (Å²) in [5, 5.41) is 25.1. The molecule has 0 unspecified atom stereocenters. The maximum absolute atomic E-state index is 12.1. The Morgan fingerprint density at radius 2 is 2.00 bits per heavy atom. The summed E-state index contributed by atoms with van der Waals surface area (Å²) in [5.41, 5.74) is 0.898. The summed E-state index contributed by atoms with van der Waals surface area (Å²) in [6.45, 7) is 4.24. The van der Waals surface area contributed by atoms with Crippen molar-refractivity contribution in [3.63, 3.8) is 0 Å². The van der Waals surface area contributed by atoms with Crippen molar-refractivity contribution in [3.05, 3.63) is 57.5 Å². The highest BCUT2D eigenvalue weighted by Gasteiger charge is 2.15. The highest BCUT2D eigenvalue weighted by Crippen LogP contribution is 2.20. The van der Waals surface area contributed by atoms with Gasteiger partial charge in [0.2, 0.25) is 0 Å². The fourth-order valence-corrected chi connectivity index (χ4v) is 2.74. The molecule has 8 heteroatoms. The number of nitrogens with zero attached hydrogens (tertiary/aromatic N) is 3. The molecular formula is C18H19N3O5. The van der Waals surface area contributed by atoms with Crippen LogP contribution in [0, 0.1) is 6.92 Å². The van der Waals surface area contributed by atoms with Crippen LogP contribution in [-0.2, 0) is 4.74 Å². The number of phenolic OH excluding ortho intramolecular Hbond substituents is 1. The van der Waals surface area contributed by atoms with E-state index in [1.165, 1.54) is 24.5 Å². The van der Waals surface area contributed by atoms with Crippen LogP contribution in [0.3, 0.4) is 0 Å². The maximum atomic E-state index is 12.1. The van der Waals surface area contributed by atoms with E-state index < -0.39 is 11.4 Å². The molecular weight excluding hydrogens is 338 g/mol. The molecule has 1 fully saturated rings. The van der Waals surface area contributed by atoms with E-state index in [0.29, 0.717) is 37.7 Å². The third-order valence-electron chi connectivity index (χ3n) is 4.09. The molecule has 0 bridgehead atoms. The van der Waals surface area contributed by atoms with Crippen LogP contribution in [0.1, 0.15) is 21.6 Å². The minimum atomic E-state index is -1.29. The molecule has 0 spiro atoms. The fraction of sp³-hybridized carbons (Fsp3) is 0.278. The smallest absolute Gasteiger partial charge is 0.341 e. The van der Waals surface area contributed by atoms with E-state index in [1.807, 2.05) is 5.01 Å². The first-order valence-electron chi connectivity index (χ1n) is 8.12. The van der Waals surface area contributed by atoms with Crippen LogP contribution < -0.4 is 5.43 Å². The molecule has 0 amide bonds. The molecule has 136 valence electrons. The Morgan fingerprint density at radius 1 is 1.27 bits per heavy atom. The molecule has 26 heavy (non-hydrogen) atoms. The second-order valence-electron chi connectivity index (χ2n) is 5.93. The van der Waals surface area contributed by atoms with Gasteiger partial charge >= 0.3 is 5.97 Å². The van der Waals surface area contributed by atoms with E-state index in [1.54, 1.807) is 23.6 Å². The van der Waals surface area contributed by atoms with Crippen LogP contribution in [0.4, 0.5) is 0 Å². The van der Waals surface area contributed by atoms with Crippen LogP contribution in [0.2, 0.25) is 0 Å². The zero-order valence-electron chi connectivity index (χ0n) is 14.3. The number of phenols is 1. The van der Waals surface area contributed by atoms with E-state index in [-0.39, 0.29) is 11.3 Å². The number of hydrogen-bond donors (Lipinski definition) is 2. The lowest BCUT2D eigenvalue weighted by atomic mass is 10.1. The lowest BCUT2D eigenvalue weighted by molar-refractivity contribution is 0.0396. The number of morpholine rings is 1. The van der Waals surface area contributed by atoms with Gasteiger partial charge in [-0.25, -0.2) is 4.79 Å². The molecule has 1 aliphatic rings. The molecule has 2 N–H and O–H groups in total. The van der Waals surface area contributed by atoms with Crippen molar-refractivity contribution in [1.29, 1.82) is 0 Å². The van der Waals surface area contributed by atoms with Crippen LogP contribution in [0.5, 0.6) is 5.75 Å². The molecule has 8 nitrogen and oxygen atoms in total. The number of hydrazone groups is 1. The third-order valence-corrected chi connectivity index (χ3v) is 4.09. The fourth-order valence-electron chi connectivity index (χ4n) is 2.74. The SMILES string of the molecule is Cc1cc(O)ccc1-n1cc(C(=O)O)c(=O)cc1/C=N/N1CCOCC1. The number of hydrogen-bond acceptors (Lipinski definition) is 6. The molecule has 0 radical (unpaired) electrons. The summed E-state index contributed by atoms with van der Waals surface area (Å²) in [6, 6.07) is 5.98. The van der Waals surface area contributed by atoms with E-state index in [2.05, 4.69) is 5.10 Å². The number of carbonyl (C=O) groups is 1. The zero-order valence-corrected chi connectivity index (χ0v) is 14.3. The van der Waals surface area contributed by atoms with E-state index >= 15 is 0 Å². The van der Waals surface area contributed by atoms with E-state index in [0.717, 1.165) is 5.56 Å². The first-order chi connectivity index (χ1) is 12.5. The quantitative estimate of drug-likeness (QED) is 0.797. The second kappa shape index (κ2) is 7.40. The van der Waals surface area contributed by atoms with Gasteiger partial charge < -0.3 is 19.5 Å². The monoisotopic (exact) mass is 357 g/mol. The van der Waals surface area contributed by atoms with Crippen molar-refractivity contribution in [2.75, 3.05) is 26.3 Å². The van der Waals surface area contributed by atoms with Crippen LogP contribution >= 0.6 is 0 Å². The molecule has 1 aromatic heterocycles. The summed E-state index contributed by atoms with van der Waals surface area (Å²) in [7, 11) is 0. The molecule has 1 aromatic carbocycles. The molecule has 0 saturated carbocycles. The van der Waals surface area contributed by atoms with Gasteiger partial charge in [-0.1, -0.05) is 0 Å². The molecule has 0 aliphatic carbocycles. The Bertz CT molecular complexity index is 914. The lowest BCUT2D eigenvalue weighted by Crippen LogP contribution is -2.32. The molecule has 2 aromatic rings. The van der Waals surface area contributed by atoms with Crippen molar-refractivity contribution in [2.24, 2.45) is 5.10 Å². The number of carboxylic acid groups (broad SMARTS) is 1. The Morgan fingerprint density at radius 3 is 2.65 bits per heavy atom. The number of aromatic nitrogens is 1. The number of carboxylic acids is 1. The maximum Gasteiger partial charge on any atom is 0.341 e. The minimum absolute atomic E-state index is 0.106. The average molecular weight is 357 g/mol. The number of benzene rings is 1. The average Bonchev–Trinajstić information content (AvgIpc) is 2.61. The first-order valence-corrected chi connectivity index (χ1v) is 8.12. The highest BCUT2D eigenvalue weighted by atomic mass is 16.5. The van der Waals surface area contributed by atoms with E-state index in [9.17, 15) is 19.8 Å². The summed E-state index contributed by atoms with van der Waals surface area (Å²) >= 11 is 0. The normalized spacial score (nSPS) is 14.7. The third kappa shape index (κ3) is 3.75. The highest BCUT2D eigenvalue weighted by molar-refractivity contribution is 5.88. The minimum Gasteiger partial charge on any atom is -0.508 e. The van der Waals surface area contributed by atoms with E-state index in [4.69, 9.17) is 4.74 Å². The van der Waals surface area contributed by atoms with Crippen molar-refractivity contribution in [2.45, 2.75) is 6.92 Å². The predicted octanol–water partition coefficient (Wildman–Crippen LogP) is 1.22. The molecule has 3 rings (SSSR count).